The molecule has 1 rings (SSSR count). The van der Waals surface area contributed by atoms with Crippen LogP contribution in [0.2, 0.25) is 0 Å². The van der Waals surface area contributed by atoms with Gasteiger partial charge in [0.2, 0.25) is 0 Å². The van der Waals surface area contributed by atoms with E-state index < -0.39 is 0 Å². The second kappa shape index (κ2) is 6.77. The van der Waals surface area contributed by atoms with Crippen LogP contribution in [0.5, 0.6) is 0 Å². The summed E-state index contributed by atoms with van der Waals surface area (Å²) in [6.07, 6.45) is 4.72. The van der Waals surface area contributed by atoms with Crippen molar-refractivity contribution < 1.29 is 4.79 Å². The zero-order chi connectivity index (χ0) is 11.1. The van der Waals surface area contributed by atoms with Gasteiger partial charge in [-0.05, 0) is 25.0 Å². The molecule has 0 saturated carbocycles. The highest BCUT2D eigenvalue weighted by Gasteiger charge is 2.18. The van der Waals surface area contributed by atoms with E-state index in [1.54, 1.807) is 0 Å². The van der Waals surface area contributed by atoms with Crippen LogP contribution >= 0.6 is 11.8 Å². The summed E-state index contributed by atoms with van der Waals surface area (Å²) in [6, 6.07) is 0.545. The fraction of sp³-hybridized carbons (Fsp3) is 0.727. The predicted octanol–water partition coefficient (Wildman–Crippen LogP) is 2.15. The van der Waals surface area contributed by atoms with E-state index in [4.69, 9.17) is 0 Å². The Hall–Kier alpha value is -0.640. The predicted molar refractivity (Wildman–Crippen MR) is 66.3 cm³/mol. The third-order valence-corrected chi connectivity index (χ3v) is 3.71. The van der Waals surface area contributed by atoms with Crippen LogP contribution in [0.1, 0.15) is 26.2 Å². The van der Waals surface area contributed by atoms with Crippen LogP contribution in [0.3, 0.4) is 0 Å². The summed E-state index contributed by atoms with van der Waals surface area (Å²) in [7, 11) is 0. The number of carbonyl (C=O) groups is 1. The zero-order valence-electron chi connectivity index (χ0n) is 9.29. The van der Waals surface area contributed by atoms with Crippen molar-refractivity contribution in [3.05, 3.63) is 12.7 Å². The van der Waals surface area contributed by atoms with Gasteiger partial charge in [0.25, 0.3) is 0 Å². The van der Waals surface area contributed by atoms with Crippen molar-refractivity contribution in [2.24, 2.45) is 0 Å². The molecule has 3 nitrogen and oxygen atoms in total. The summed E-state index contributed by atoms with van der Waals surface area (Å²) < 4.78 is 0. The average molecular weight is 228 g/mol. The van der Waals surface area contributed by atoms with Crippen molar-refractivity contribution in [3.8, 4) is 0 Å². The normalized spacial score (nSPS) is 22.1. The Morgan fingerprint density at radius 2 is 2.53 bits per heavy atom. The topological polar surface area (TPSA) is 41.1 Å². The minimum Gasteiger partial charge on any atom is -0.335 e. The van der Waals surface area contributed by atoms with Crippen molar-refractivity contribution in [3.63, 3.8) is 0 Å². The van der Waals surface area contributed by atoms with E-state index in [0.717, 1.165) is 30.8 Å². The highest BCUT2D eigenvalue weighted by molar-refractivity contribution is 7.99. The van der Waals surface area contributed by atoms with Crippen LogP contribution in [0, 0.1) is 0 Å². The molecule has 4 heteroatoms. The molecule has 0 bridgehead atoms. The summed E-state index contributed by atoms with van der Waals surface area (Å²) in [5.41, 5.74) is 0. The number of carbonyl (C=O) groups excluding carboxylic acids is 1. The van der Waals surface area contributed by atoms with Gasteiger partial charge in [-0.25, -0.2) is 4.79 Å². The van der Waals surface area contributed by atoms with Gasteiger partial charge in [-0.3, -0.25) is 0 Å². The van der Waals surface area contributed by atoms with E-state index in [1.165, 1.54) is 0 Å². The molecule has 1 saturated heterocycles. The lowest BCUT2D eigenvalue weighted by atomic mass is 10.1. The average Bonchev–Trinajstić information content (AvgIpc) is 2.69. The maximum Gasteiger partial charge on any atom is 0.315 e. The highest BCUT2D eigenvalue weighted by Crippen LogP contribution is 2.16. The third-order valence-electron chi connectivity index (χ3n) is 2.54. The van der Waals surface area contributed by atoms with Crippen molar-refractivity contribution in [2.45, 2.75) is 38.3 Å². The number of rotatable bonds is 5. The zero-order valence-corrected chi connectivity index (χ0v) is 10.1. The van der Waals surface area contributed by atoms with Crippen LogP contribution in [0.4, 0.5) is 4.79 Å². The molecule has 0 spiro atoms. The third kappa shape index (κ3) is 4.60. The van der Waals surface area contributed by atoms with Gasteiger partial charge in [-0.1, -0.05) is 13.0 Å². The lowest BCUT2D eigenvalue weighted by molar-refractivity contribution is 0.233. The molecule has 1 heterocycles. The summed E-state index contributed by atoms with van der Waals surface area (Å²) >= 11 is 1.90. The number of urea groups is 1. The Bertz CT molecular complexity index is 215. The SMILES string of the molecule is C=CC[C@@H](CC)NC(=O)N[C@H]1CCSC1. The lowest BCUT2D eigenvalue weighted by Gasteiger charge is -2.18. The molecule has 2 amide bonds. The molecule has 15 heavy (non-hydrogen) atoms. The van der Waals surface area contributed by atoms with Crippen LogP contribution < -0.4 is 10.6 Å². The van der Waals surface area contributed by atoms with Gasteiger partial charge in [-0.15, -0.1) is 6.58 Å². The number of thioether (sulfide) groups is 1. The fourth-order valence-electron chi connectivity index (χ4n) is 1.59. The standard InChI is InChI=1S/C11H20N2OS/c1-3-5-9(4-2)12-11(14)13-10-6-7-15-8-10/h3,9-10H,1,4-8H2,2H3,(H2,12,13,14)/t9-,10+/m1/s1. The van der Waals surface area contributed by atoms with E-state index in [1.807, 2.05) is 17.8 Å². The van der Waals surface area contributed by atoms with E-state index in [0.29, 0.717) is 6.04 Å². The van der Waals surface area contributed by atoms with Crippen molar-refractivity contribution in [1.29, 1.82) is 0 Å². The molecule has 0 radical (unpaired) electrons. The van der Waals surface area contributed by atoms with Crippen LogP contribution in [0.15, 0.2) is 12.7 Å². The molecule has 86 valence electrons. The maximum atomic E-state index is 11.6. The Labute approximate surface area is 96.1 Å². The summed E-state index contributed by atoms with van der Waals surface area (Å²) in [6.45, 7) is 5.75. The molecule has 2 atom stereocenters. The quantitative estimate of drug-likeness (QED) is 0.708. The first-order chi connectivity index (χ1) is 7.26. The number of amides is 2. The summed E-state index contributed by atoms with van der Waals surface area (Å²) in [5, 5.41) is 5.96. The summed E-state index contributed by atoms with van der Waals surface area (Å²) in [5.74, 6) is 2.21. The minimum atomic E-state index is -0.0313. The Balaban J connectivity index is 2.23. The van der Waals surface area contributed by atoms with Crippen LogP contribution in [-0.2, 0) is 0 Å². The van der Waals surface area contributed by atoms with Crippen molar-refractivity contribution >= 4 is 17.8 Å². The number of nitrogens with one attached hydrogen (secondary N) is 2. The molecule has 1 aliphatic rings. The number of hydrogen-bond acceptors (Lipinski definition) is 2. The largest absolute Gasteiger partial charge is 0.335 e. The van der Waals surface area contributed by atoms with Crippen LogP contribution in [0.25, 0.3) is 0 Å². The smallest absolute Gasteiger partial charge is 0.315 e. The van der Waals surface area contributed by atoms with E-state index in [9.17, 15) is 4.79 Å². The highest BCUT2D eigenvalue weighted by atomic mass is 32.2. The van der Waals surface area contributed by atoms with Gasteiger partial charge < -0.3 is 10.6 Å². The van der Waals surface area contributed by atoms with Gasteiger partial charge in [0.1, 0.15) is 0 Å². The lowest BCUT2D eigenvalue weighted by Crippen LogP contribution is -2.46. The first-order valence-corrected chi connectivity index (χ1v) is 6.67. The first-order valence-electron chi connectivity index (χ1n) is 5.52. The second-order valence-electron chi connectivity index (χ2n) is 3.81. The molecule has 0 aliphatic carbocycles. The molecular formula is C11H20N2OS. The molecule has 0 aromatic heterocycles. The molecule has 1 aliphatic heterocycles. The molecule has 0 unspecified atom stereocenters. The van der Waals surface area contributed by atoms with Crippen molar-refractivity contribution in [1.82, 2.24) is 10.6 Å². The second-order valence-corrected chi connectivity index (χ2v) is 4.96. The van der Waals surface area contributed by atoms with Crippen LogP contribution in [-0.4, -0.2) is 29.6 Å². The monoisotopic (exact) mass is 228 g/mol. The van der Waals surface area contributed by atoms with E-state index in [2.05, 4.69) is 24.1 Å². The van der Waals surface area contributed by atoms with E-state index in [-0.39, 0.29) is 12.1 Å². The maximum absolute atomic E-state index is 11.6. The molecular weight excluding hydrogens is 208 g/mol. The number of hydrogen-bond donors (Lipinski definition) is 2. The Morgan fingerprint density at radius 1 is 1.73 bits per heavy atom. The molecule has 2 N–H and O–H groups in total. The molecule has 1 fully saturated rings. The van der Waals surface area contributed by atoms with Crippen molar-refractivity contribution in [2.75, 3.05) is 11.5 Å². The first kappa shape index (κ1) is 12.4. The van der Waals surface area contributed by atoms with Gasteiger partial charge >= 0.3 is 6.03 Å². The van der Waals surface area contributed by atoms with E-state index >= 15 is 0 Å². The van der Waals surface area contributed by atoms with Gasteiger partial charge in [0.15, 0.2) is 0 Å². The van der Waals surface area contributed by atoms with Gasteiger partial charge in [0, 0.05) is 17.8 Å². The minimum absolute atomic E-state index is 0.0313. The van der Waals surface area contributed by atoms with Gasteiger partial charge in [-0.2, -0.15) is 11.8 Å². The Kier molecular flexibility index (Phi) is 5.61. The van der Waals surface area contributed by atoms with Gasteiger partial charge in [0.05, 0.1) is 0 Å². The molecule has 0 aromatic rings. The summed E-state index contributed by atoms with van der Waals surface area (Å²) in [4.78, 5) is 11.6. The molecule has 0 aromatic carbocycles. The fourth-order valence-corrected chi connectivity index (χ4v) is 2.74. The Morgan fingerprint density at radius 3 is 3.07 bits per heavy atom.